The van der Waals surface area contributed by atoms with Crippen molar-refractivity contribution in [1.82, 2.24) is 15.2 Å². The number of rotatable bonds is 6. The van der Waals surface area contributed by atoms with E-state index in [-0.39, 0.29) is 5.82 Å². The van der Waals surface area contributed by atoms with Gasteiger partial charge in [-0.25, -0.2) is 9.89 Å². The van der Waals surface area contributed by atoms with E-state index in [1.54, 1.807) is 6.21 Å². The van der Waals surface area contributed by atoms with Gasteiger partial charge in [-0.1, -0.05) is 35.9 Å². The predicted molar refractivity (Wildman–Crippen MR) is 96.1 cm³/mol. The van der Waals surface area contributed by atoms with Crippen LogP contribution in [-0.2, 0) is 6.61 Å². The van der Waals surface area contributed by atoms with Crippen molar-refractivity contribution in [3.63, 3.8) is 0 Å². The minimum Gasteiger partial charge on any atom is -0.489 e. The summed E-state index contributed by atoms with van der Waals surface area (Å²) in [5.74, 6) is 0.966. The fourth-order valence-corrected chi connectivity index (χ4v) is 2.23. The highest BCUT2D eigenvalue weighted by molar-refractivity contribution is 6.30. The molecular weight excluding hydrogens is 342 g/mol. The lowest BCUT2D eigenvalue weighted by Gasteiger charge is -2.07. The normalized spacial score (nSPS) is 10.8. The largest absolute Gasteiger partial charge is 0.489 e. The van der Waals surface area contributed by atoms with Gasteiger partial charge in [0.1, 0.15) is 12.4 Å². The van der Waals surface area contributed by atoms with Crippen molar-refractivity contribution in [2.75, 3.05) is 5.43 Å². The summed E-state index contributed by atoms with van der Waals surface area (Å²) in [6, 6.07) is 15.0. The Morgan fingerprint density at radius 1 is 1.24 bits per heavy atom. The van der Waals surface area contributed by atoms with Crippen LogP contribution in [0, 0.1) is 0 Å². The standard InChI is InChI=1S/C17H14ClN5O2/c18-14-5-1-4-13(7-14)11-25-15-6-2-3-12(8-15)9-19-22-16-10-20-23-17(24)21-16/h1-10H,11H2,(H2,21,22,23,24)/b19-9+. The number of H-pyrrole nitrogens is 1. The van der Waals surface area contributed by atoms with Crippen LogP contribution in [0.1, 0.15) is 11.1 Å². The molecule has 0 amide bonds. The Kier molecular flexibility index (Phi) is 5.38. The van der Waals surface area contributed by atoms with E-state index in [4.69, 9.17) is 16.3 Å². The van der Waals surface area contributed by atoms with Gasteiger partial charge >= 0.3 is 5.69 Å². The number of benzene rings is 2. The summed E-state index contributed by atoms with van der Waals surface area (Å²) in [5.41, 5.74) is 3.91. The number of ether oxygens (including phenoxy) is 1. The van der Waals surface area contributed by atoms with Crippen LogP contribution in [-0.4, -0.2) is 21.4 Å². The molecule has 0 aliphatic rings. The van der Waals surface area contributed by atoms with Gasteiger partial charge in [-0.3, -0.25) is 5.43 Å². The molecule has 0 aliphatic carbocycles. The average Bonchev–Trinajstić information content (AvgIpc) is 2.61. The van der Waals surface area contributed by atoms with Crippen molar-refractivity contribution in [2.24, 2.45) is 5.10 Å². The lowest BCUT2D eigenvalue weighted by Crippen LogP contribution is -2.13. The summed E-state index contributed by atoms with van der Waals surface area (Å²) in [6.45, 7) is 0.418. The van der Waals surface area contributed by atoms with Crippen molar-refractivity contribution in [3.05, 3.63) is 81.4 Å². The van der Waals surface area contributed by atoms with E-state index < -0.39 is 5.69 Å². The predicted octanol–water partition coefficient (Wildman–Crippen LogP) is 2.84. The summed E-state index contributed by atoms with van der Waals surface area (Å²) in [5, 5.41) is 10.5. The second-order valence-electron chi connectivity index (χ2n) is 5.03. The molecule has 2 N–H and O–H groups in total. The highest BCUT2D eigenvalue weighted by atomic mass is 35.5. The van der Waals surface area contributed by atoms with E-state index >= 15 is 0 Å². The number of hydrazone groups is 1. The number of anilines is 1. The lowest BCUT2D eigenvalue weighted by molar-refractivity contribution is 0.306. The van der Waals surface area contributed by atoms with E-state index in [1.807, 2.05) is 48.5 Å². The maximum atomic E-state index is 11.0. The third kappa shape index (κ3) is 5.15. The van der Waals surface area contributed by atoms with E-state index in [0.717, 1.165) is 11.1 Å². The first-order valence-electron chi connectivity index (χ1n) is 7.37. The third-order valence-electron chi connectivity index (χ3n) is 3.11. The molecule has 1 aromatic heterocycles. The molecule has 8 heteroatoms. The Hall–Kier alpha value is -3.19. The Morgan fingerprint density at radius 2 is 2.12 bits per heavy atom. The molecule has 3 aromatic rings. The quantitative estimate of drug-likeness (QED) is 0.524. The summed E-state index contributed by atoms with van der Waals surface area (Å²) >= 11 is 5.96. The van der Waals surface area contributed by atoms with Crippen LogP contribution in [0.3, 0.4) is 0 Å². The first-order chi connectivity index (χ1) is 12.2. The highest BCUT2D eigenvalue weighted by Gasteiger charge is 1.99. The second-order valence-corrected chi connectivity index (χ2v) is 5.47. The maximum absolute atomic E-state index is 11.0. The topological polar surface area (TPSA) is 92.3 Å². The zero-order valence-electron chi connectivity index (χ0n) is 13.0. The van der Waals surface area contributed by atoms with Gasteiger partial charge in [0.2, 0.25) is 0 Å². The number of nitrogens with one attached hydrogen (secondary N) is 2. The van der Waals surface area contributed by atoms with Crippen molar-refractivity contribution in [1.29, 1.82) is 0 Å². The molecule has 126 valence electrons. The molecule has 0 atom stereocenters. The van der Waals surface area contributed by atoms with Crippen molar-refractivity contribution < 1.29 is 4.74 Å². The van der Waals surface area contributed by atoms with E-state index in [0.29, 0.717) is 17.4 Å². The average molecular weight is 356 g/mol. The SMILES string of the molecule is O=c1nc(N/N=C/c2cccc(OCc3cccc(Cl)c3)c2)cn[nH]1. The van der Waals surface area contributed by atoms with Crippen LogP contribution in [0.4, 0.5) is 5.82 Å². The molecule has 25 heavy (non-hydrogen) atoms. The Balaban J connectivity index is 1.61. The summed E-state index contributed by atoms with van der Waals surface area (Å²) in [7, 11) is 0. The van der Waals surface area contributed by atoms with Gasteiger partial charge in [0.05, 0.1) is 12.4 Å². The van der Waals surface area contributed by atoms with Gasteiger partial charge in [-0.2, -0.15) is 15.2 Å². The molecule has 0 unspecified atom stereocenters. The Bertz CT molecular complexity index is 942. The van der Waals surface area contributed by atoms with Crippen LogP contribution in [0.5, 0.6) is 5.75 Å². The summed E-state index contributed by atoms with van der Waals surface area (Å²) < 4.78 is 5.76. The summed E-state index contributed by atoms with van der Waals surface area (Å²) in [4.78, 5) is 14.7. The van der Waals surface area contributed by atoms with Gasteiger partial charge in [0.15, 0.2) is 5.82 Å². The monoisotopic (exact) mass is 355 g/mol. The molecule has 1 heterocycles. The van der Waals surface area contributed by atoms with Crippen molar-refractivity contribution in [2.45, 2.75) is 6.61 Å². The van der Waals surface area contributed by atoms with Crippen molar-refractivity contribution >= 4 is 23.6 Å². The first kappa shape index (κ1) is 16.7. The lowest BCUT2D eigenvalue weighted by atomic mass is 10.2. The van der Waals surface area contributed by atoms with E-state index in [2.05, 4.69) is 25.7 Å². The minimum absolute atomic E-state index is 0.258. The maximum Gasteiger partial charge on any atom is 0.363 e. The van der Waals surface area contributed by atoms with Gasteiger partial charge in [-0.05, 0) is 35.4 Å². The Morgan fingerprint density at radius 3 is 2.96 bits per heavy atom. The first-order valence-corrected chi connectivity index (χ1v) is 7.75. The molecule has 7 nitrogen and oxygen atoms in total. The molecule has 2 aromatic carbocycles. The number of halogens is 1. The van der Waals surface area contributed by atoms with Crippen LogP contribution >= 0.6 is 11.6 Å². The Labute approximate surface area is 148 Å². The number of hydrogen-bond donors (Lipinski definition) is 2. The molecule has 0 saturated heterocycles. The van der Waals surface area contributed by atoms with Gasteiger partial charge in [0.25, 0.3) is 0 Å². The van der Waals surface area contributed by atoms with Gasteiger partial charge < -0.3 is 4.74 Å². The third-order valence-corrected chi connectivity index (χ3v) is 3.35. The molecule has 0 radical (unpaired) electrons. The van der Waals surface area contributed by atoms with Crippen LogP contribution in [0.2, 0.25) is 5.02 Å². The number of nitrogens with zero attached hydrogens (tertiary/aromatic N) is 3. The second kappa shape index (κ2) is 8.07. The van der Waals surface area contributed by atoms with Crippen molar-refractivity contribution in [3.8, 4) is 5.75 Å². The fraction of sp³-hybridized carbons (Fsp3) is 0.0588. The van der Waals surface area contributed by atoms with E-state index in [9.17, 15) is 4.79 Å². The van der Waals surface area contributed by atoms with E-state index in [1.165, 1.54) is 6.20 Å². The van der Waals surface area contributed by atoms with Crippen LogP contribution in [0.25, 0.3) is 0 Å². The fourth-order valence-electron chi connectivity index (χ4n) is 2.02. The zero-order valence-corrected chi connectivity index (χ0v) is 13.8. The zero-order chi connectivity index (χ0) is 17.5. The number of aromatic amines is 1. The minimum atomic E-state index is -0.545. The summed E-state index contributed by atoms with van der Waals surface area (Å²) in [6.07, 6.45) is 2.96. The molecule has 3 rings (SSSR count). The van der Waals surface area contributed by atoms with Crippen LogP contribution in [0.15, 0.2) is 64.6 Å². The molecule has 0 aliphatic heterocycles. The molecule has 0 spiro atoms. The highest BCUT2D eigenvalue weighted by Crippen LogP contribution is 2.16. The molecule has 0 fully saturated rings. The molecular formula is C17H14ClN5O2. The smallest absolute Gasteiger partial charge is 0.363 e. The number of hydrogen-bond acceptors (Lipinski definition) is 6. The van der Waals surface area contributed by atoms with Gasteiger partial charge in [-0.15, -0.1) is 0 Å². The van der Waals surface area contributed by atoms with Gasteiger partial charge in [0, 0.05) is 5.02 Å². The molecule has 0 bridgehead atoms. The number of aromatic nitrogens is 3. The van der Waals surface area contributed by atoms with Crippen LogP contribution < -0.4 is 15.9 Å². The molecule has 0 saturated carbocycles.